The molecule has 1 aromatic carbocycles. The Hall–Kier alpha value is -2.27. The highest BCUT2D eigenvalue weighted by Gasteiger charge is 2.34. The number of hydroxylamine groups is 1. The number of aliphatic imine (C=N–C) groups is 1. The Balaban J connectivity index is 1.76. The van der Waals surface area contributed by atoms with Crippen LogP contribution in [-0.2, 0) is 16.0 Å². The van der Waals surface area contributed by atoms with Crippen molar-refractivity contribution < 1.29 is 14.8 Å². The van der Waals surface area contributed by atoms with Gasteiger partial charge in [0.15, 0.2) is 5.78 Å². The molecule has 0 aromatic heterocycles. The van der Waals surface area contributed by atoms with Gasteiger partial charge in [0.2, 0.25) is 5.91 Å². The Morgan fingerprint density at radius 2 is 1.84 bits per heavy atom. The van der Waals surface area contributed by atoms with E-state index in [1.165, 1.54) is 5.56 Å². The van der Waals surface area contributed by atoms with E-state index in [0.717, 1.165) is 25.7 Å². The van der Waals surface area contributed by atoms with Crippen molar-refractivity contribution in [1.82, 2.24) is 5.48 Å². The summed E-state index contributed by atoms with van der Waals surface area (Å²) in [6.07, 6.45) is 11.0. The maximum absolute atomic E-state index is 12.7. The second-order valence-corrected chi connectivity index (χ2v) is 6.42. The van der Waals surface area contributed by atoms with Gasteiger partial charge in [-0.2, -0.15) is 0 Å². The van der Waals surface area contributed by atoms with Gasteiger partial charge >= 0.3 is 0 Å². The van der Waals surface area contributed by atoms with Crippen LogP contribution in [0.3, 0.4) is 0 Å². The van der Waals surface area contributed by atoms with Gasteiger partial charge in [0, 0.05) is 19.1 Å². The van der Waals surface area contributed by atoms with E-state index in [0.29, 0.717) is 25.7 Å². The Bertz CT molecular complexity index is 611. The van der Waals surface area contributed by atoms with E-state index in [1.54, 1.807) is 11.7 Å². The first-order valence-electron chi connectivity index (χ1n) is 8.89. The number of ketones is 1. The molecule has 25 heavy (non-hydrogen) atoms. The van der Waals surface area contributed by atoms with Crippen molar-refractivity contribution in [2.75, 3.05) is 0 Å². The number of nitrogens with zero attached hydrogens (tertiary/aromatic N) is 1. The molecule has 0 radical (unpaired) electrons. The lowest BCUT2D eigenvalue weighted by Gasteiger charge is -2.23. The first kappa shape index (κ1) is 19.1. The number of hydrogen-bond donors (Lipinski definition) is 2. The summed E-state index contributed by atoms with van der Waals surface area (Å²) in [4.78, 5) is 28.1. The molecule has 2 rings (SSSR count). The van der Waals surface area contributed by atoms with E-state index >= 15 is 0 Å². The number of hydrogen-bond acceptors (Lipinski definition) is 4. The van der Waals surface area contributed by atoms with Gasteiger partial charge in [-0.25, -0.2) is 5.48 Å². The van der Waals surface area contributed by atoms with Gasteiger partial charge < -0.3 is 0 Å². The molecule has 1 unspecified atom stereocenters. The SMILES string of the molecule is O=C(CCCCCC1(C(=O)CCCc2ccccc2)C=CC=N1)NO. The summed E-state index contributed by atoms with van der Waals surface area (Å²) in [7, 11) is 0. The average molecular weight is 342 g/mol. The summed E-state index contributed by atoms with van der Waals surface area (Å²) in [5.74, 6) is -0.202. The maximum Gasteiger partial charge on any atom is 0.243 e. The van der Waals surface area contributed by atoms with E-state index in [9.17, 15) is 9.59 Å². The Morgan fingerprint density at radius 1 is 1.04 bits per heavy atom. The highest BCUT2D eigenvalue weighted by Crippen LogP contribution is 2.28. The molecule has 134 valence electrons. The lowest BCUT2D eigenvalue weighted by Crippen LogP contribution is -2.33. The van der Waals surface area contributed by atoms with Crippen molar-refractivity contribution in [2.45, 2.75) is 56.9 Å². The van der Waals surface area contributed by atoms with Gasteiger partial charge in [0.1, 0.15) is 5.54 Å². The second kappa shape index (κ2) is 9.89. The molecule has 1 aromatic rings. The lowest BCUT2D eigenvalue weighted by molar-refractivity contribution is -0.129. The fourth-order valence-corrected chi connectivity index (χ4v) is 3.10. The van der Waals surface area contributed by atoms with Crippen molar-refractivity contribution in [3.63, 3.8) is 0 Å². The molecule has 5 nitrogen and oxygen atoms in total. The molecule has 0 saturated heterocycles. The fourth-order valence-electron chi connectivity index (χ4n) is 3.10. The second-order valence-electron chi connectivity index (χ2n) is 6.42. The van der Waals surface area contributed by atoms with Crippen LogP contribution in [0, 0.1) is 0 Å². The number of benzene rings is 1. The van der Waals surface area contributed by atoms with Crippen molar-refractivity contribution in [2.24, 2.45) is 4.99 Å². The fraction of sp³-hybridized carbons (Fsp3) is 0.450. The minimum absolute atomic E-state index is 0.168. The highest BCUT2D eigenvalue weighted by atomic mass is 16.5. The first-order valence-corrected chi connectivity index (χ1v) is 8.89. The van der Waals surface area contributed by atoms with Crippen LogP contribution in [-0.4, -0.2) is 28.7 Å². The van der Waals surface area contributed by atoms with Crippen molar-refractivity contribution >= 4 is 17.9 Å². The average Bonchev–Trinajstić information content (AvgIpc) is 3.12. The molecule has 1 aliphatic heterocycles. The lowest BCUT2D eigenvalue weighted by atomic mass is 9.86. The summed E-state index contributed by atoms with van der Waals surface area (Å²) in [6, 6.07) is 10.2. The molecule has 0 bridgehead atoms. The monoisotopic (exact) mass is 342 g/mol. The van der Waals surface area contributed by atoms with Gasteiger partial charge in [0.05, 0.1) is 0 Å². The third-order valence-electron chi connectivity index (χ3n) is 4.54. The summed E-state index contributed by atoms with van der Waals surface area (Å²) in [6.45, 7) is 0. The van der Waals surface area contributed by atoms with E-state index in [4.69, 9.17) is 5.21 Å². The number of aryl methyl sites for hydroxylation is 1. The Morgan fingerprint density at radius 3 is 2.52 bits per heavy atom. The number of nitrogens with one attached hydrogen (secondary N) is 1. The number of unbranched alkanes of at least 4 members (excludes halogenated alkanes) is 2. The zero-order chi connectivity index (χ0) is 18.0. The number of allylic oxidation sites excluding steroid dienone is 1. The molecule has 1 amide bonds. The quantitative estimate of drug-likeness (QED) is 0.367. The summed E-state index contributed by atoms with van der Waals surface area (Å²) >= 11 is 0. The minimum atomic E-state index is -0.712. The van der Waals surface area contributed by atoms with E-state index in [2.05, 4.69) is 17.1 Å². The highest BCUT2D eigenvalue weighted by molar-refractivity contribution is 5.95. The number of rotatable bonds is 11. The molecule has 1 atom stereocenters. The van der Waals surface area contributed by atoms with Crippen LogP contribution in [0.1, 0.15) is 50.5 Å². The molecular formula is C20H26N2O3. The topological polar surface area (TPSA) is 78.8 Å². The molecule has 1 heterocycles. The maximum atomic E-state index is 12.7. The molecule has 0 spiro atoms. The zero-order valence-electron chi connectivity index (χ0n) is 14.5. The number of amides is 1. The third kappa shape index (κ3) is 5.94. The molecule has 0 saturated carbocycles. The molecule has 5 heteroatoms. The Labute approximate surface area is 148 Å². The van der Waals surface area contributed by atoms with Crippen LogP contribution in [0.4, 0.5) is 0 Å². The molecular weight excluding hydrogens is 316 g/mol. The minimum Gasteiger partial charge on any atom is -0.297 e. The summed E-state index contributed by atoms with van der Waals surface area (Å²) in [5, 5.41) is 8.47. The standard InChI is InChI=1S/C20H26N2O3/c23-18(12-7-11-17-9-3-1-4-10-17)20(15-8-16-21-20)14-6-2-5-13-19(24)22-25/h1,3-4,8-10,15-16,25H,2,5-7,11-14H2,(H,22,24). The van der Waals surface area contributed by atoms with Crippen LogP contribution in [0.2, 0.25) is 0 Å². The van der Waals surface area contributed by atoms with Crippen molar-refractivity contribution in [3.05, 3.63) is 48.0 Å². The number of carbonyl (C=O) groups is 2. The van der Waals surface area contributed by atoms with E-state index in [-0.39, 0.29) is 11.7 Å². The van der Waals surface area contributed by atoms with E-state index in [1.807, 2.05) is 30.4 Å². The number of Topliss-reactive ketones (excluding diaryl/α,β-unsaturated/α-hetero) is 1. The van der Waals surface area contributed by atoms with Crippen LogP contribution >= 0.6 is 0 Å². The van der Waals surface area contributed by atoms with Crippen molar-refractivity contribution in [3.8, 4) is 0 Å². The smallest absolute Gasteiger partial charge is 0.243 e. The van der Waals surface area contributed by atoms with Gasteiger partial charge in [-0.3, -0.25) is 19.8 Å². The van der Waals surface area contributed by atoms with Crippen LogP contribution in [0.25, 0.3) is 0 Å². The van der Waals surface area contributed by atoms with Crippen LogP contribution in [0.5, 0.6) is 0 Å². The molecule has 2 N–H and O–H groups in total. The van der Waals surface area contributed by atoms with Gasteiger partial charge in [-0.15, -0.1) is 0 Å². The molecule has 0 aliphatic carbocycles. The summed E-state index contributed by atoms with van der Waals surface area (Å²) in [5.41, 5.74) is 2.17. The first-order chi connectivity index (χ1) is 12.2. The third-order valence-corrected chi connectivity index (χ3v) is 4.54. The zero-order valence-corrected chi connectivity index (χ0v) is 14.5. The normalized spacial score (nSPS) is 18.4. The molecule has 0 fully saturated rings. The van der Waals surface area contributed by atoms with Gasteiger partial charge in [0.25, 0.3) is 0 Å². The van der Waals surface area contributed by atoms with Crippen LogP contribution < -0.4 is 5.48 Å². The largest absolute Gasteiger partial charge is 0.297 e. The number of carbonyl (C=O) groups excluding carboxylic acids is 2. The predicted molar refractivity (Wildman–Crippen MR) is 97.8 cm³/mol. The van der Waals surface area contributed by atoms with Crippen LogP contribution in [0.15, 0.2) is 47.5 Å². The van der Waals surface area contributed by atoms with E-state index < -0.39 is 5.54 Å². The summed E-state index contributed by atoms with van der Waals surface area (Å²) < 4.78 is 0. The van der Waals surface area contributed by atoms with Crippen molar-refractivity contribution in [1.29, 1.82) is 0 Å². The Kier molecular flexibility index (Phi) is 7.54. The molecule has 1 aliphatic rings. The van der Waals surface area contributed by atoms with Gasteiger partial charge in [-0.1, -0.05) is 43.2 Å². The predicted octanol–water partition coefficient (Wildman–Crippen LogP) is 3.41. The van der Waals surface area contributed by atoms with Gasteiger partial charge in [-0.05, 0) is 43.4 Å².